The number of piperazine rings is 1. The zero-order chi connectivity index (χ0) is 28.0. The number of aryl methyl sites for hydroxylation is 2. The maximum Gasteiger partial charge on any atom is 0.419 e. The summed E-state index contributed by atoms with van der Waals surface area (Å²) in [6.07, 6.45) is -3.31. The van der Waals surface area contributed by atoms with Crippen LogP contribution in [-0.4, -0.2) is 59.9 Å². The van der Waals surface area contributed by atoms with Gasteiger partial charge in [0.1, 0.15) is 0 Å². The molecule has 0 radical (unpaired) electrons. The lowest BCUT2D eigenvalue weighted by atomic mass is 9.98. The number of aromatic nitrogens is 2. The molecule has 0 unspecified atom stereocenters. The van der Waals surface area contributed by atoms with Crippen LogP contribution in [0, 0.1) is 0 Å². The van der Waals surface area contributed by atoms with Gasteiger partial charge in [0.2, 0.25) is 17.8 Å². The summed E-state index contributed by atoms with van der Waals surface area (Å²) in [7, 11) is 1.54. The zero-order valence-corrected chi connectivity index (χ0v) is 21.9. The van der Waals surface area contributed by atoms with Crippen molar-refractivity contribution in [2.45, 2.75) is 32.4 Å². The van der Waals surface area contributed by atoms with Crippen molar-refractivity contribution in [1.82, 2.24) is 20.2 Å². The lowest BCUT2D eigenvalue weighted by Crippen LogP contribution is -2.48. The lowest BCUT2D eigenvalue weighted by molar-refractivity contribution is -0.138. The van der Waals surface area contributed by atoms with E-state index in [-0.39, 0.29) is 42.7 Å². The number of anilines is 3. The van der Waals surface area contributed by atoms with Gasteiger partial charge in [-0.15, -0.1) is 0 Å². The molecular formula is C28H31F3N6O2. The molecule has 1 aliphatic heterocycles. The number of hydrogen-bond donors (Lipinski definition) is 2. The summed E-state index contributed by atoms with van der Waals surface area (Å²) in [5, 5.41) is 5.57. The fraction of sp³-hybridized carbons (Fsp3) is 0.357. The molecule has 0 atom stereocenters. The van der Waals surface area contributed by atoms with E-state index in [2.05, 4.69) is 25.5 Å². The quantitative estimate of drug-likeness (QED) is 0.449. The van der Waals surface area contributed by atoms with Gasteiger partial charge in [-0.25, -0.2) is 9.97 Å². The van der Waals surface area contributed by atoms with E-state index in [4.69, 9.17) is 0 Å². The Hall–Kier alpha value is -4.15. The van der Waals surface area contributed by atoms with E-state index in [1.807, 2.05) is 35.2 Å². The zero-order valence-electron chi connectivity index (χ0n) is 21.9. The third kappa shape index (κ3) is 7.24. The minimum Gasteiger partial charge on any atom is -0.368 e. The average Bonchev–Trinajstić information content (AvgIpc) is 2.92. The molecule has 39 heavy (non-hydrogen) atoms. The summed E-state index contributed by atoms with van der Waals surface area (Å²) in [6, 6.07) is 14.7. The Morgan fingerprint density at radius 1 is 0.949 bits per heavy atom. The van der Waals surface area contributed by atoms with Crippen LogP contribution in [0.4, 0.5) is 30.5 Å². The normalized spacial score (nSPS) is 13.8. The first-order valence-corrected chi connectivity index (χ1v) is 12.7. The molecule has 1 fully saturated rings. The van der Waals surface area contributed by atoms with Gasteiger partial charge in [-0.05, 0) is 48.2 Å². The van der Waals surface area contributed by atoms with Crippen LogP contribution in [0.5, 0.6) is 0 Å². The van der Waals surface area contributed by atoms with Gasteiger partial charge in [-0.2, -0.15) is 13.2 Å². The topological polar surface area (TPSA) is 90.5 Å². The van der Waals surface area contributed by atoms with Crippen molar-refractivity contribution in [1.29, 1.82) is 0 Å². The molecule has 4 rings (SSSR count). The Morgan fingerprint density at radius 3 is 2.23 bits per heavy atom. The molecule has 2 amide bonds. The number of carbonyl (C=O) groups excluding carboxylic acids is 2. The fourth-order valence-corrected chi connectivity index (χ4v) is 4.56. The first-order chi connectivity index (χ1) is 18.6. The summed E-state index contributed by atoms with van der Waals surface area (Å²) in [6.45, 7) is 4.34. The van der Waals surface area contributed by atoms with E-state index in [0.29, 0.717) is 18.8 Å². The molecular weight excluding hydrogens is 509 g/mol. The van der Waals surface area contributed by atoms with Crippen molar-refractivity contribution in [2.75, 3.05) is 43.4 Å². The highest BCUT2D eigenvalue weighted by molar-refractivity contribution is 5.78. The molecule has 0 bridgehead atoms. The van der Waals surface area contributed by atoms with E-state index in [1.54, 1.807) is 32.2 Å². The molecule has 1 aliphatic rings. The number of carbonyl (C=O) groups is 2. The maximum atomic E-state index is 13.7. The number of nitrogens with zero attached hydrogens (tertiary/aromatic N) is 4. The minimum atomic E-state index is -4.59. The first-order valence-electron chi connectivity index (χ1n) is 12.7. The molecule has 0 aliphatic carbocycles. The van der Waals surface area contributed by atoms with Gasteiger partial charge in [0, 0.05) is 57.7 Å². The highest BCUT2D eigenvalue weighted by atomic mass is 19.4. The SMILES string of the molecule is CNC(=O)Cc1ccccc1CCc1nc(Nc2ccc(N3CCN(C(C)=O)CC3)cc2)ncc1C(F)(F)F. The molecule has 0 spiro atoms. The predicted octanol–water partition coefficient (Wildman–Crippen LogP) is 3.98. The van der Waals surface area contributed by atoms with Gasteiger partial charge in [0.15, 0.2) is 0 Å². The molecule has 1 aromatic heterocycles. The lowest BCUT2D eigenvalue weighted by Gasteiger charge is -2.35. The highest BCUT2D eigenvalue weighted by Gasteiger charge is 2.35. The van der Waals surface area contributed by atoms with Crippen molar-refractivity contribution in [2.24, 2.45) is 0 Å². The predicted molar refractivity (Wildman–Crippen MR) is 143 cm³/mol. The largest absolute Gasteiger partial charge is 0.419 e. The number of benzene rings is 2. The molecule has 1 saturated heterocycles. The monoisotopic (exact) mass is 540 g/mol. The van der Waals surface area contributed by atoms with Crippen LogP contribution in [-0.2, 0) is 35.0 Å². The van der Waals surface area contributed by atoms with E-state index < -0.39 is 11.7 Å². The third-order valence-corrected chi connectivity index (χ3v) is 6.77. The third-order valence-electron chi connectivity index (χ3n) is 6.77. The summed E-state index contributed by atoms with van der Waals surface area (Å²) in [5.41, 5.74) is 2.20. The van der Waals surface area contributed by atoms with E-state index in [1.165, 1.54) is 0 Å². The van der Waals surface area contributed by atoms with Gasteiger partial charge < -0.3 is 20.4 Å². The van der Waals surface area contributed by atoms with Crippen LogP contribution in [0.3, 0.4) is 0 Å². The highest BCUT2D eigenvalue weighted by Crippen LogP contribution is 2.32. The van der Waals surface area contributed by atoms with Gasteiger partial charge in [0.25, 0.3) is 0 Å². The van der Waals surface area contributed by atoms with Crippen LogP contribution < -0.4 is 15.5 Å². The molecule has 2 aromatic carbocycles. The van der Waals surface area contributed by atoms with E-state index in [0.717, 1.165) is 36.1 Å². The van der Waals surface area contributed by atoms with Gasteiger partial charge >= 0.3 is 6.18 Å². The van der Waals surface area contributed by atoms with Crippen molar-refractivity contribution < 1.29 is 22.8 Å². The van der Waals surface area contributed by atoms with Crippen LogP contribution >= 0.6 is 0 Å². The second-order valence-electron chi connectivity index (χ2n) is 9.34. The number of rotatable bonds is 8. The fourth-order valence-electron chi connectivity index (χ4n) is 4.56. The Morgan fingerprint density at radius 2 is 1.62 bits per heavy atom. The second kappa shape index (κ2) is 12.1. The van der Waals surface area contributed by atoms with E-state index in [9.17, 15) is 22.8 Å². The maximum absolute atomic E-state index is 13.7. The van der Waals surface area contributed by atoms with Gasteiger partial charge in [0.05, 0.1) is 17.7 Å². The van der Waals surface area contributed by atoms with Gasteiger partial charge in [-0.3, -0.25) is 9.59 Å². The summed E-state index contributed by atoms with van der Waals surface area (Å²) < 4.78 is 41.2. The Bertz CT molecular complexity index is 1310. The van der Waals surface area contributed by atoms with Crippen molar-refractivity contribution in [3.63, 3.8) is 0 Å². The first kappa shape index (κ1) is 27.9. The van der Waals surface area contributed by atoms with Crippen molar-refractivity contribution in [3.05, 3.63) is 77.1 Å². The minimum absolute atomic E-state index is 0.0297. The van der Waals surface area contributed by atoms with Crippen LogP contribution in [0.1, 0.15) is 29.3 Å². The van der Waals surface area contributed by atoms with Crippen LogP contribution in [0.2, 0.25) is 0 Å². The van der Waals surface area contributed by atoms with Crippen molar-refractivity contribution >= 4 is 29.1 Å². The number of nitrogens with one attached hydrogen (secondary N) is 2. The number of alkyl halides is 3. The van der Waals surface area contributed by atoms with E-state index >= 15 is 0 Å². The number of halogens is 3. The molecule has 0 saturated carbocycles. The van der Waals surface area contributed by atoms with Crippen LogP contribution in [0.25, 0.3) is 0 Å². The Labute approximate surface area is 225 Å². The summed E-state index contributed by atoms with van der Waals surface area (Å²) >= 11 is 0. The molecule has 2 N–H and O–H groups in total. The second-order valence-corrected chi connectivity index (χ2v) is 9.34. The smallest absolute Gasteiger partial charge is 0.368 e. The van der Waals surface area contributed by atoms with Gasteiger partial charge in [-0.1, -0.05) is 24.3 Å². The number of likely N-dealkylation sites (N-methyl/N-ethyl adjacent to an activating group) is 1. The Kier molecular flexibility index (Phi) is 8.68. The molecule has 206 valence electrons. The summed E-state index contributed by atoms with van der Waals surface area (Å²) in [4.78, 5) is 35.5. The average molecular weight is 541 g/mol. The molecule has 11 heteroatoms. The molecule has 2 heterocycles. The summed E-state index contributed by atoms with van der Waals surface area (Å²) in [5.74, 6) is -0.0334. The standard InChI is InChI=1S/C28H31F3N6O2/c1-19(38)36-13-15-37(16-14-36)23-10-8-22(9-11-23)34-27-33-18-24(28(29,30)31)25(35-27)12-7-20-5-3-4-6-21(20)17-26(39)32-2/h3-6,8-11,18H,7,12-17H2,1-2H3,(H,32,39)(H,33,34,35). The van der Waals surface area contributed by atoms with Crippen LogP contribution in [0.15, 0.2) is 54.7 Å². The van der Waals surface area contributed by atoms with Crippen molar-refractivity contribution in [3.8, 4) is 0 Å². The number of amides is 2. The number of hydrogen-bond acceptors (Lipinski definition) is 6. The Balaban J connectivity index is 1.47. The molecule has 8 nitrogen and oxygen atoms in total. The molecule has 3 aromatic rings.